The van der Waals surface area contributed by atoms with Crippen LogP contribution in [0.1, 0.15) is 42.7 Å². The highest BCUT2D eigenvalue weighted by Crippen LogP contribution is 2.46. The quantitative estimate of drug-likeness (QED) is 0.646. The Balaban J connectivity index is 1.23. The van der Waals surface area contributed by atoms with E-state index >= 15 is 0 Å². The number of hydrogen-bond donors (Lipinski definition) is 2. The molecule has 0 unspecified atom stereocenters. The lowest BCUT2D eigenvalue weighted by atomic mass is 9.67. The van der Waals surface area contributed by atoms with E-state index in [9.17, 15) is 28.3 Å². The van der Waals surface area contributed by atoms with E-state index < -0.39 is 48.3 Å². The molecule has 0 radical (unpaired) electrons. The van der Waals surface area contributed by atoms with Crippen LogP contribution in [0.2, 0.25) is 0 Å². The Labute approximate surface area is 201 Å². The van der Waals surface area contributed by atoms with Gasteiger partial charge in [-0.15, -0.1) is 0 Å². The van der Waals surface area contributed by atoms with Crippen LogP contribution >= 0.6 is 0 Å². The van der Waals surface area contributed by atoms with E-state index in [2.05, 4.69) is 5.32 Å². The molecule has 1 atom stereocenters. The number of nitrogens with zero attached hydrogens (tertiary/aromatic N) is 1. The monoisotopic (exact) mass is 484 g/mol. The van der Waals surface area contributed by atoms with Crippen molar-refractivity contribution in [3.8, 4) is 11.1 Å². The van der Waals surface area contributed by atoms with Gasteiger partial charge in [0.05, 0.1) is 12.0 Å². The minimum absolute atomic E-state index is 0.0864. The van der Waals surface area contributed by atoms with Crippen molar-refractivity contribution in [1.29, 1.82) is 0 Å². The lowest BCUT2D eigenvalue weighted by Crippen LogP contribution is -2.56. The summed E-state index contributed by atoms with van der Waals surface area (Å²) in [5, 5.41) is 12.0. The first kappa shape index (κ1) is 23.3. The van der Waals surface area contributed by atoms with Crippen LogP contribution in [0.25, 0.3) is 11.1 Å². The summed E-state index contributed by atoms with van der Waals surface area (Å²) < 4.78 is 33.3. The van der Waals surface area contributed by atoms with Crippen LogP contribution in [0.5, 0.6) is 0 Å². The molecule has 2 amide bonds. The minimum atomic E-state index is -3.25. The zero-order valence-corrected chi connectivity index (χ0v) is 19.0. The van der Waals surface area contributed by atoms with Crippen LogP contribution in [-0.4, -0.2) is 59.6 Å². The summed E-state index contributed by atoms with van der Waals surface area (Å²) in [7, 11) is 0. The van der Waals surface area contributed by atoms with Gasteiger partial charge in [0.25, 0.3) is 5.92 Å². The summed E-state index contributed by atoms with van der Waals surface area (Å²) in [5.41, 5.74) is 3.27. The molecule has 0 bridgehead atoms. The van der Waals surface area contributed by atoms with Gasteiger partial charge in [-0.05, 0) is 35.1 Å². The molecule has 0 spiro atoms. The molecule has 35 heavy (non-hydrogen) atoms. The van der Waals surface area contributed by atoms with Crippen molar-refractivity contribution in [2.24, 2.45) is 5.41 Å². The number of nitrogens with one attached hydrogen (secondary N) is 1. The summed E-state index contributed by atoms with van der Waals surface area (Å²) >= 11 is 0. The molecule has 184 valence electrons. The maximum absolute atomic E-state index is 13.9. The molecule has 3 aliphatic rings. The SMILES string of the molecule is O=C(NCC1(C(=O)N2CC(F)(F)C[C@H]2C(=O)O)CCC1)OCC1c2ccccc2-c2ccccc21. The van der Waals surface area contributed by atoms with Gasteiger partial charge in [0, 0.05) is 18.9 Å². The van der Waals surface area contributed by atoms with Gasteiger partial charge >= 0.3 is 12.1 Å². The summed E-state index contributed by atoms with van der Waals surface area (Å²) in [6.45, 7) is -0.896. The largest absolute Gasteiger partial charge is 0.480 e. The van der Waals surface area contributed by atoms with Crippen LogP contribution in [0, 0.1) is 5.41 Å². The number of carboxylic acids is 1. The predicted octanol–water partition coefficient (Wildman–Crippen LogP) is 4.02. The van der Waals surface area contributed by atoms with Crippen molar-refractivity contribution < 1.29 is 33.0 Å². The van der Waals surface area contributed by atoms with Crippen LogP contribution in [0.4, 0.5) is 13.6 Å². The fraction of sp³-hybridized carbons (Fsp3) is 0.423. The number of fused-ring (bicyclic) bond motifs is 3. The zero-order valence-electron chi connectivity index (χ0n) is 19.0. The van der Waals surface area contributed by atoms with Crippen molar-refractivity contribution in [3.05, 3.63) is 59.7 Å². The van der Waals surface area contributed by atoms with E-state index in [4.69, 9.17) is 4.74 Å². The van der Waals surface area contributed by atoms with Crippen molar-refractivity contribution in [1.82, 2.24) is 10.2 Å². The van der Waals surface area contributed by atoms with Gasteiger partial charge in [-0.2, -0.15) is 0 Å². The number of ether oxygens (including phenoxy) is 1. The second-order valence-electron chi connectivity index (χ2n) is 9.66. The molecule has 1 saturated heterocycles. The molecular weight excluding hydrogens is 458 g/mol. The minimum Gasteiger partial charge on any atom is -0.480 e. The van der Waals surface area contributed by atoms with Gasteiger partial charge in [0.2, 0.25) is 5.91 Å². The third-order valence-electron chi connectivity index (χ3n) is 7.49. The van der Waals surface area contributed by atoms with Gasteiger partial charge < -0.3 is 20.1 Å². The maximum Gasteiger partial charge on any atom is 0.407 e. The first-order chi connectivity index (χ1) is 16.7. The van der Waals surface area contributed by atoms with Crippen LogP contribution < -0.4 is 5.32 Å². The number of carbonyl (C=O) groups excluding carboxylic acids is 2. The number of rotatable bonds is 6. The molecule has 9 heteroatoms. The predicted molar refractivity (Wildman–Crippen MR) is 122 cm³/mol. The average molecular weight is 484 g/mol. The third-order valence-corrected chi connectivity index (χ3v) is 7.49. The molecule has 2 aromatic rings. The van der Waals surface area contributed by atoms with E-state index in [-0.39, 0.29) is 19.1 Å². The first-order valence-electron chi connectivity index (χ1n) is 11.7. The Hall–Kier alpha value is -3.49. The molecule has 7 nitrogen and oxygen atoms in total. The molecule has 2 fully saturated rings. The van der Waals surface area contributed by atoms with E-state index in [0.717, 1.165) is 27.2 Å². The Kier molecular flexibility index (Phi) is 5.73. The fourth-order valence-electron chi connectivity index (χ4n) is 5.52. The van der Waals surface area contributed by atoms with Crippen LogP contribution in [-0.2, 0) is 14.3 Å². The number of alkyl carbamates (subject to hydrolysis) is 1. The van der Waals surface area contributed by atoms with Crippen molar-refractivity contribution in [2.45, 2.75) is 43.6 Å². The number of amides is 2. The highest BCUT2D eigenvalue weighted by Gasteiger charge is 2.56. The second-order valence-corrected chi connectivity index (χ2v) is 9.66. The maximum atomic E-state index is 13.9. The molecular formula is C26H26F2N2O5. The summed E-state index contributed by atoms with van der Waals surface area (Å²) in [5.74, 6) is -5.46. The lowest BCUT2D eigenvalue weighted by molar-refractivity contribution is -0.156. The van der Waals surface area contributed by atoms with E-state index in [1.54, 1.807) is 0 Å². The number of halogens is 2. The summed E-state index contributed by atoms with van der Waals surface area (Å²) in [4.78, 5) is 37.9. The Morgan fingerprint density at radius 1 is 1.03 bits per heavy atom. The summed E-state index contributed by atoms with van der Waals surface area (Å²) in [6, 6.07) is 14.3. The van der Waals surface area contributed by atoms with Gasteiger partial charge in [-0.25, -0.2) is 18.4 Å². The highest BCUT2D eigenvalue weighted by atomic mass is 19.3. The fourth-order valence-corrected chi connectivity index (χ4v) is 5.52. The standard InChI is InChI=1S/C26H26F2N2O5/c27-26(28)12-21(22(31)32)30(15-26)23(33)25(10-5-11-25)14-29-24(34)35-13-20-18-8-3-1-6-16(18)17-7-2-4-9-19(17)20/h1-4,6-9,20-21H,5,10-15H2,(H,29,34)(H,31,32)/t21-/m0/s1. The van der Waals surface area contributed by atoms with Crippen molar-refractivity contribution in [3.63, 3.8) is 0 Å². The van der Waals surface area contributed by atoms with Gasteiger partial charge in [0.15, 0.2) is 0 Å². The summed E-state index contributed by atoms with van der Waals surface area (Å²) in [6.07, 6.45) is -0.120. The molecule has 2 aliphatic carbocycles. The van der Waals surface area contributed by atoms with E-state index in [1.165, 1.54) is 0 Å². The Morgan fingerprint density at radius 2 is 1.63 bits per heavy atom. The van der Waals surface area contributed by atoms with Crippen LogP contribution in [0.3, 0.4) is 0 Å². The normalized spacial score (nSPS) is 21.5. The van der Waals surface area contributed by atoms with Crippen molar-refractivity contribution >= 4 is 18.0 Å². The Morgan fingerprint density at radius 3 is 2.17 bits per heavy atom. The van der Waals surface area contributed by atoms with Gasteiger partial charge in [-0.3, -0.25) is 4.79 Å². The molecule has 0 aromatic heterocycles. The number of carbonyl (C=O) groups is 3. The molecule has 2 N–H and O–H groups in total. The first-order valence-corrected chi connectivity index (χ1v) is 11.7. The number of aliphatic carboxylic acids is 1. The Bertz CT molecular complexity index is 1130. The highest BCUT2D eigenvalue weighted by molar-refractivity contribution is 5.89. The molecule has 5 rings (SSSR count). The number of carboxylic acid groups (broad SMARTS) is 1. The number of alkyl halides is 2. The number of hydrogen-bond acceptors (Lipinski definition) is 4. The van der Waals surface area contributed by atoms with Crippen LogP contribution in [0.15, 0.2) is 48.5 Å². The number of benzene rings is 2. The van der Waals surface area contributed by atoms with E-state index in [0.29, 0.717) is 19.3 Å². The van der Waals surface area contributed by atoms with E-state index in [1.807, 2.05) is 48.5 Å². The van der Waals surface area contributed by atoms with Crippen molar-refractivity contribution in [2.75, 3.05) is 19.7 Å². The smallest absolute Gasteiger partial charge is 0.407 e. The third kappa shape index (κ3) is 4.13. The molecule has 1 saturated carbocycles. The molecule has 1 heterocycles. The lowest BCUT2D eigenvalue weighted by Gasteiger charge is -2.43. The zero-order chi connectivity index (χ0) is 24.8. The van der Waals surface area contributed by atoms with Gasteiger partial charge in [-0.1, -0.05) is 55.0 Å². The topological polar surface area (TPSA) is 95.9 Å². The number of likely N-dealkylation sites (tertiary alicyclic amines) is 1. The molecule has 2 aromatic carbocycles. The molecule has 1 aliphatic heterocycles. The second kappa shape index (κ2) is 8.62. The van der Waals surface area contributed by atoms with Gasteiger partial charge in [0.1, 0.15) is 12.6 Å². The average Bonchev–Trinajstić information content (AvgIpc) is 3.31.